The van der Waals surface area contributed by atoms with Gasteiger partial charge >= 0.3 is 6.09 Å². The minimum Gasteiger partial charge on any atom is -0.483 e. The first kappa shape index (κ1) is 25.7. The third-order valence-corrected chi connectivity index (χ3v) is 5.68. The molecule has 0 saturated carbocycles. The summed E-state index contributed by atoms with van der Waals surface area (Å²) in [7, 11) is 0. The van der Waals surface area contributed by atoms with Crippen LogP contribution in [0.5, 0.6) is 5.75 Å². The number of piperidine rings is 1. The van der Waals surface area contributed by atoms with Gasteiger partial charge in [-0.1, -0.05) is 25.3 Å². The molecule has 2 heterocycles. The van der Waals surface area contributed by atoms with Crippen LogP contribution in [-0.4, -0.2) is 66.3 Å². The molecule has 1 atom stereocenters. The molecule has 1 saturated heterocycles. The fourth-order valence-corrected chi connectivity index (χ4v) is 3.96. The highest BCUT2D eigenvalue weighted by Crippen LogP contribution is 2.33. The second-order valence-corrected chi connectivity index (χ2v) is 8.20. The van der Waals surface area contributed by atoms with Crippen LogP contribution in [0.3, 0.4) is 0 Å². The van der Waals surface area contributed by atoms with Crippen molar-refractivity contribution in [1.29, 1.82) is 0 Å². The minimum absolute atomic E-state index is 0.00434. The summed E-state index contributed by atoms with van der Waals surface area (Å²) >= 11 is 0. The van der Waals surface area contributed by atoms with E-state index in [2.05, 4.69) is 15.4 Å². The Bertz CT molecular complexity index is 1020. The third-order valence-electron chi connectivity index (χ3n) is 5.68. The number of imide groups is 2. The monoisotopic (exact) mass is 488 g/mol. The number of carbonyl (C=O) groups is 6. The Morgan fingerprint density at radius 3 is 2.54 bits per heavy atom. The van der Waals surface area contributed by atoms with Gasteiger partial charge in [-0.25, -0.2) is 4.79 Å². The number of fused-ring (bicyclic) bond motifs is 1. The summed E-state index contributed by atoms with van der Waals surface area (Å²) in [4.78, 5) is 72.9. The lowest BCUT2D eigenvalue weighted by molar-refractivity contribution is -0.136. The van der Waals surface area contributed by atoms with Gasteiger partial charge in [-0.05, 0) is 31.4 Å². The zero-order chi connectivity index (χ0) is 25.4. The number of hydrogen-bond donors (Lipinski definition) is 3. The predicted octanol–water partition coefficient (Wildman–Crippen LogP) is 0.629. The number of carbonyl (C=O) groups excluding carboxylic acids is 6. The van der Waals surface area contributed by atoms with Gasteiger partial charge in [-0.3, -0.25) is 34.2 Å². The van der Waals surface area contributed by atoms with Gasteiger partial charge in [0.15, 0.2) is 6.61 Å². The first-order valence-corrected chi connectivity index (χ1v) is 11.5. The number of unbranched alkanes of at least 4 members (excludes halogenated alkanes) is 4. The lowest BCUT2D eigenvalue weighted by atomic mass is 10.0. The number of rotatable bonds is 12. The van der Waals surface area contributed by atoms with E-state index < -0.39 is 35.8 Å². The molecule has 0 aliphatic carbocycles. The van der Waals surface area contributed by atoms with E-state index in [1.54, 1.807) is 0 Å². The molecule has 0 radical (unpaired) electrons. The molecule has 1 fully saturated rings. The first-order chi connectivity index (χ1) is 16.8. The second kappa shape index (κ2) is 12.0. The Balaban J connectivity index is 1.45. The number of primary amides is 1. The predicted molar refractivity (Wildman–Crippen MR) is 120 cm³/mol. The van der Waals surface area contributed by atoms with E-state index in [9.17, 15) is 28.8 Å². The van der Waals surface area contributed by atoms with E-state index in [0.29, 0.717) is 13.2 Å². The van der Waals surface area contributed by atoms with E-state index in [1.807, 2.05) is 0 Å². The molecule has 2 aliphatic rings. The summed E-state index contributed by atoms with van der Waals surface area (Å²) in [6, 6.07) is 3.38. The molecule has 0 bridgehead atoms. The number of benzene rings is 1. The normalized spacial score (nSPS) is 17.1. The Morgan fingerprint density at radius 2 is 1.80 bits per heavy atom. The summed E-state index contributed by atoms with van der Waals surface area (Å²) in [5, 5.41) is 4.87. The zero-order valence-electron chi connectivity index (χ0n) is 19.2. The molecule has 0 aromatic heterocycles. The summed E-state index contributed by atoms with van der Waals surface area (Å²) in [5.74, 6) is -2.79. The average Bonchev–Trinajstić information content (AvgIpc) is 3.07. The molecule has 1 aromatic carbocycles. The Kier molecular flexibility index (Phi) is 8.76. The summed E-state index contributed by atoms with van der Waals surface area (Å²) < 4.78 is 10.2. The second-order valence-electron chi connectivity index (χ2n) is 8.20. The van der Waals surface area contributed by atoms with E-state index in [4.69, 9.17) is 10.5 Å². The van der Waals surface area contributed by atoms with Crippen molar-refractivity contribution in [1.82, 2.24) is 15.5 Å². The van der Waals surface area contributed by atoms with Crippen LogP contribution in [0.2, 0.25) is 0 Å². The van der Waals surface area contributed by atoms with Crippen molar-refractivity contribution < 1.29 is 38.2 Å². The molecule has 12 heteroatoms. The summed E-state index contributed by atoms with van der Waals surface area (Å²) in [6.45, 7) is 0.403. The van der Waals surface area contributed by atoms with Gasteiger partial charge in [-0.2, -0.15) is 0 Å². The fourth-order valence-electron chi connectivity index (χ4n) is 3.96. The lowest BCUT2D eigenvalue weighted by Crippen LogP contribution is -2.54. The van der Waals surface area contributed by atoms with Crippen molar-refractivity contribution in [2.45, 2.75) is 51.0 Å². The minimum atomic E-state index is -1.08. The van der Waals surface area contributed by atoms with Crippen molar-refractivity contribution >= 4 is 35.6 Å². The SMILES string of the molecule is NC(=O)OCCCCCCCNC(=O)COc1cccc2c1C(=O)N(C1CCC(=O)NC1=O)C2=O. The Labute approximate surface area is 201 Å². The number of hydrogen-bond acceptors (Lipinski definition) is 8. The molecular weight excluding hydrogens is 460 g/mol. The maximum atomic E-state index is 13.0. The van der Waals surface area contributed by atoms with E-state index in [-0.39, 0.29) is 42.2 Å². The first-order valence-electron chi connectivity index (χ1n) is 11.5. The number of nitrogens with zero attached hydrogens (tertiary/aromatic N) is 1. The van der Waals surface area contributed by atoms with E-state index >= 15 is 0 Å². The zero-order valence-corrected chi connectivity index (χ0v) is 19.2. The Hall–Kier alpha value is -3.96. The molecule has 1 unspecified atom stereocenters. The van der Waals surface area contributed by atoms with Gasteiger partial charge < -0.3 is 20.5 Å². The van der Waals surface area contributed by atoms with Gasteiger partial charge in [0.2, 0.25) is 11.8 Å². The standard InChI is InChI=1S/C23H28N4O8/c24-23(33)34-12-5-3-1-2-4-11-25-18(29)13-35-16-8-6-7-14-19(16)22(32)27(21(14)31)15-9-10-17(28)26-20(15)30/h6-8,15H,1-5,9-13H2,(H2,24,33)(H,25,29)(H,26,28,30). The van der Waals surface area contributed by atoms with Gasteiger partial charge in [-0.15, -0.1) is 0 Å². The van der Waals surface area contributed by atoms with Crippen molar-refractivity contribution in [3.63, 3.8) is 0 Å². The highest BCUT2D eigenvalue weighted by molar-refractivity contribution is 6.24. The smallest absolute Gasteiger partial charge is 0.404 e. The molecule has 6 amide bonds. The highest BCUT2D eigenvalue weighted by atomic mass is 16.5. The van der Waals surface area contributed by atoms with Gasteiger partial charge in [0, 0.05) is 13.0 Å². The van der Waals surface area contributed by atoms with Crippen LogP contribution in [0.4, 0.5) is 4.79 Å². The van der Waals surface area contributed by atoms with Gasteiger partial charge in [0.1, 0.15) is 11.8 Å². The number of nitrogens with two attached hydrogens (primary N) is 1. The molecule has 1 aromatic rings. The maximum absolute atomic E-state index is 13.0. The van der Waals surface area contributed by atoms with E-state index in [0.717, 1.165) is 37.0 Å². The van der Waals surface area contributed by atoms with Crippen molar-refractivity contribution in [3.05, 3.63) is 29.3 Å². The molecule has 3 rings (SSSR count). The van der Waals surface area contributed by atoms with Crippen LogP contribution in [0, 0.1) is 0 Å². The van der Waals surface area contributed by atoms with Crippen LogP contribution in [0.1, 0.15) is 65.7 Å². The van der Waals surface area contributed by atoms with Crippen molar-refractivity contribution in [3.8, 4) is 5.75 Å². The topological polar surface area (TPSA) is 174 Å². The van der Waals surface area contributed by atoms with Crippen LogP contribution in [0.15, 0.2) is 18.2 Å². The molecular formula is C23H28N4O8. The van der Waals surface area contributed by atoms with Gasteiger partial charge in [0.05, 0.1) is 17.7 Å². The largest absolute Gasteiger partial charge is 0.483 e. The van der Waals surface area contributed by atoms with Gasteiger partial charge in [0.25, 0.3) is 17.7 Å². The average molecular weight is 488 g/mol. The molecule has 0 spiro atoms. The molecule has 4 N–H and O–H groups in total. The lowest BCUT2D eigenvalue weighted by Gasteiger charge is -2.27. The van der Waals surface area contributed by atoms with Crippen LogP contribution in [0.25, 0.3) is 0 Å². The molecule has 188 valence electrons. The quantitative estimate of drug-likeness (QED) is 0.284. The van der Waals surface area contributed by atoms with Crippen molar-refractivity contribution in [2.75, 3.05) is 19.8 Å². The number of nitrogens with one attached hydrogen (secondary N) is 2. The van der Waals surface area contributed by atoms with Crippen LogP contribution in [-0.2, 0) is 19.1 Å². The van der Waals surface area contributed by atoms with Crippen LogP contribution >= 0.6 is 0 Å². The fraction of sp³-hybridized carbons (Fsp3) is 0.478. The Morgan fingerprint density at radius 1 is 1.06 bits per heavy atom. The number of ether oxygens (including phenoxy) is 2. The molecule has 35 heavy (non-hydrogen) atoms. The number of amides is 6. The molecule has 2 aliphatic heterocycles. The van der Waals surface area contributed by atoms with Crippen LogP contribution < -0.4 is 21.1 Å². The van der Waals surface area contributed by atoms with E-state index in [1.165, 1.54) is 18.2 Å². The molecule has 12 nitrogen and oxygen atoms in total. The maximum Gasteiger partial charge on any atom is 0.404 e. The highest BCUT2D eigenvalue weighted by Gasteiger charge is 2.46. The van der Waals surface area contributed by atoms with Crippen molar-refractivity contribution in [2.24, 2.45) is 5.73 Å². The third kappa shape index (κ3) is 6.55. The summed E-state index contributed by atoms with van der Waals surface area (Å²) in [6.07, 6.45) is 3.47. The summed E-state index contributed by atoms with van der Waals surface area (Å²) in [5.41, 5.74) is 4.96.